The monoisotopic (exact) mass is 267 g/mol. The zero-order valence-electron chi connectivity index (χ0n) is 11.9. The van der Waals surface area contributed by atoms with Gasteiger partial charge in [0.2, 0.25) is 0 Å². The van der Waals surface area contributed by atoms with Gasteiger partial charge in [-0.25, -0.2) is 4.98 Å². The van der Waals surface area contributed by atoms with E-state index >= 15 is 0 Å². The number of pyridine rings is 1. The molecule has 0 N–H and O–H groups in total. The molecule has 0 aromatic carbocycles. The Kier molecular flexibility index (Phi) is 2.91. The summed E-state index contributed by atoms with van der Waals surface area (Å²) < 4.78 is 0. The van der Waals surface area contributed by atoms with Crippen molar-refractivity contribution >= 4 is 5.82 Å². The normalized spacial score (nSPS) is 21.1. The summed E-state index contributed by atoms with van der Waals surface area (Å²) in [5.41, 5.74) is 3.38. The van der Waals surface area contributed by atoms with Gasteiger partial charge in [-0.05, 0) is 68.9 Å². The van der Waals surface area contributed by atoms with Crippen molar-refractivity contribution in [1.29, 1.82) is 5.26 Å². The Morgan fingerprint density at radius 3 is 2.70 bits per heavy atom. The molecule has 0 bridgehead atoms. The highest BCUT2D eigenvalue weighted by Gasteiger charge is 2.36. The molecule has 0 unspecified atom stereocenters. The fourth-order valence-electron chi connectivity index (χ4n) is 3.30. The minimum Gasteiger partial charge on any atom is -0.352 e. The molecule has 3 heteroatoms. The largest absolute Gasteiger partial charge is 0.352 e. The number of hydrogen-bond acceptors (Lipinski definition) is 3. The molecule has 1 heterocycles. The van der Waals surface area contributed by atoms with Crippen molar-refractivity contribution in [2.75, 3.05) is 11.4 Å². The van der Waals surface area contributed by atoms with E-state index in [0.717, 1.165) is 36.7 Å². The van der Waals surface area contributed by atoms with E-state index in [2.05, 4.69) is 17.0 Å². The molecule has 1 aromatic rings. The van der Waals surface area contributed by atoms with Gasteiger partial charge in [0.15, 0.2) is 0 Å². The third kappa shape index (κ3) is 2.28. The molecule has 4 rings (SSSR count). The van der Waals surface area contributed by atoms with Gasteiger partial charge in [0.05, 0.1) is 5.56 Å². The number of aromatic nitrogens is 1. The number of fused-ring (bicyclic) bond motifs is 1. The maximum Gasteiger partial charge on any atom is 0.147 e. The molecule has 104 valence electrons. The van der Waals surface area contributed by atoms with E-state index in [1.165, 1.54) is 49.8 Å². The van der Waals surface area contributed by atoms with Crippen LogP contribution in [0.3, 0.4) is 0 Å². The predicted molar refractivity (Wildman–Crippen MR) is 78.7 cm³/mol. The Bertz CT molecular complexity index is 564. The van der Waals surface area contributed by atoms with Crippen molar-refractivity contribution in [3.8, 4) is 6.07 Å². The van der Waals surface area contributed by atoms with Crippen molar-refractivity contribution in [1.82, 2.24) is 4.98 Å². The summed E-state index contributed by atoms with van der Waals surface area (Å²) in [5.74, 6) is 1.84. The van der Waals surface area contributed by atoms with E-state index in [1.807, 2.05) is 0 Å². The molecule has 1 aromatic heterocycles. The van der Waals surface area contributed by atoms with Gasteiger partial charge >= 0.3 is 0 Å². The summed E-state index contributed by atoms with van der Waals surface area (Å²) in [6.07, 6.45) is 9.95. The number of aryl methyl sites for hydroxylation is 2. The van der Waals surface area contributed by atoms with E-state index in [1.54, 1.807) is 0 Å². The maximum absolute atomic E-state index is 9.50. The van der Waals surface area contributed by atoms with Gasteiger partial charge in [-0.2, -0.15) is 5.26 Å². The van der Waals surface area contributed by atoms with E-state index in [9.17, 15) is 5.26 Å². The van der Waals surface area contributed by atoms with Crippen LogP contribution >= 0.6 is 0 Å². The SMILES string of the molecule is N#Cc1cc2c(nc1N(CC1CC1)C1CC1)CCCC2. The summed E-state index contributed by atoms with van der Waals surface area (Å²) in [7, 11) is 0. The zero-order valence-corrected chi connectivity index (χ0v) is 11.9. The van der Waals surface area contributed by atoms with Gasteiger partial charge in [-0.3, -0.25) is 0 Å². The fourth-order valence-corrected chi connectivity index (χ4v) is 3.30. The Morgan fingerprint density at radius 2 is 2.00 bits per heavy atom. The minimum atomic E-state index is 0.650. The second kappa shape index (κ2) is 4.77. The molecule has 2 saturated carbocycles. The van der Waals surface area contributed by atoms with Crippen LogP contribution in [0.25, 0.3) is 0 Å². The van der Waals surface area contributed by atoms with Gasteiger partial charge in [-0.1, -0.05) is 0 Å². The molecule has 2 fully saturated rings. The molecule has 0 saturated heterocycles. The molecule has 0 aliphatic heterocycles. The summed E-state index contributed by atoms with van der Waals surface area (Å²) in [6.45, 7) is 1.12. The second-order valence-corrected chi connectivity index (χ2v) is 6.61. The molecule has 3 aliphatic rings. The molecule has 0 atom stereocenters. The first-order chi connectivity index (χ1) is 9.85. The van der Waals surface area contributed by atoms with Gasteiger partial charge in [0.25, 0.3) is 0 Å². The highest BCUT2D eigenvalue weighted by Crippen LogP contribution is 2.39. The van der Waals surface area contributed by atoms with Crippen molar-refractivity contribution in [2.24, 2.45) is 5.92 Å². The standard InChI is InChI=1S/C17H21N3/c18-10-14-9-13-3-1-2-4-16(13)19-17(14)20(15-7-8-15)11-12-5-6-12/h9,12,15H,1-8,11H2. The van der Waals surface area contributed by atoms with Crippen LogP contribution in [0.1, 0.15) is 55.3 Å². The minimum absolute atomic E-state index is 0.650. The van der Waals surface area contributed by atoms with Gasteiger partial charge < -0.3 is 4.90 Å². The topological polar surface area (TPSA) is 39.9 Å². The van der Waals surface area contributed by atoms with Gasteiger partial charge in [-0.15, -0.1) is 0 Å². The average Bonchev–Trinajstić information content (AvgIpc) is 3.37. The Hall–Kier alpha value is -1.56. The van der Waals surface area contributed by atoms with Crippen LogP contribution in [0.5, 0.6) is 0 Å². The van der Waals surface area contributed by atoms with E-state index in [4.69, 9.17) is 4.98 Å². The van der Waals surface area contributed by atoms with Crippen LogP contribution in [0.4, 0.5) is 5.82 Å². The second-order valence-electron chi connectivity index (χ2n) is 6.61. The quantitative estimate of drug-likeness (QED) is 0.841. The molecular weight excluding hydrogens is 246 g/mol. The number of rotatable bonds is 4. The lowest BCUT2D eigenvalue weighted by molar-refractivity contribution is 0.656. The van der Waals surface area contributed by atoms with E-state index in [0.29, 0.717) is 6.04 Å². The molecule has 0 spiro atoms. The van der Waals surface area contributed by atoms with Crippen molar-refractivity contribution < 1.29 is 0 Å². The third-order valence-electron chi connectivity index (χ3n) is 4.81. The summed E-state index contributed by atoms with van der Waals surface area (Å²) in [5, 5.41) is 9.50. The lowest BCUT2D eigenvalue weighted by Gasteiger charge is -2.26. The van der Waals surface area contributed by atoms with E-state index in [-0.39, 0.29) is 0 Å². The molecular formula is C17H21N3. The van der Waals surface area contributed by atoms with Crippen LogP contribution in [0, 0.1) is 17.2 Å². The highest BCUT2D eigenvalue weighted by atomic mass is 15.2. The molecule has 20 heavy (non-hydrogen) atoms. The van der Waals surface area contributed by atoms with Crippen molar-refractivity contribution in [3.63, 3.8) is 0 Å². The number of nitrogens with zero attached hydrogens (tertiary/aromatic N) is 3. The first kappa shape index (κ1) is 12.2. The van der Waals surface area contributed by atoms with Gasteiger partial charge in [0.1, 0.15) is 11.9 Å². The van der Waals surface area contributed by atoms with Gasteiger partial charge in [0, 0.05) is 18.3 Å². The summed E-state index contributed by atoms with van der Waals surface area (Å²) in [6, 6.07) is 5.17. The highest BCUT2D eigenvalue weighted by molar-refractivity contribution is 5.58. The molecule has 0 amide bonds. The van der Waals surface area contributed by atoms with E-state index < -0.39 is 0 Å². The molecule has 3 nitrogen and oxygen atoms in total. The van der Waals surface area contributed by atoms with Crippen LogP contribution < -0.4 is 4.90 Å². The summed E-state index contributed by atoms with van der Waals surface area (Å²) >= 11 is 0. The fraction of sp³-hybridized carbons (Fsp3) is 0.647. The third-order valence-corrected chi connectivity index (χ3v) is 4.81. The van der Waals surface area contributed by atoms with Crippen LogP contribution in [0.2, 0.25) is 0 Å². The Morgan fingerprint density at radius 1 is 1.20 bits per heavy atom. The summed E-state index contributed by atoms with van der Waals surface area (Å²) in [4.78, 5) is 7.38. The number of nitriles is 1. The number of anilines is 1. The molecule has 3 aliphatic carbocycles. The van der Waals surface area contributed by atoms with Crippen molar-refractivity contribution in [3.05, 3.63) is 22.9 Å². The first-order valence-corrected chi connectivity index (χ1v) is 8.04. The Labute approximate surface area is 120 Å². The maximum atomic E-state index is 9.50. The van der Waals surface area contributed by atoms with Crippen LogP contribution in [0.15, 0.2) is 6.07 Å². The lowest BCUT2D eigenvalue weighted by Crippen LogP contribution is -2.30. The number of hydrogen-bond donors (Lipinski definition) is 0. The van der Waals surface area contributed by atoms with Crippen LogP contribution in [-0.2, 0) is 12.8 Å². The zero-order chi connectivity index (χ0) is 13.5. The lowest BCUT2D eigenvalue weighted by atomic mass is 9.95. The first-order valence-electron chi connectivity index (χ1n) is 8.04. The van der Waals surface area contributed by atoms with Crippen LogP contribution in [-0.4, -0.2) is 17.6 Å². The van der Waals surface area contributed by atoms with Crippen molar-refractivity contribution in [2.45, 2.75) is 57.4 Å². The smallest absolute Gasteiger partial charge is 0.147 e. The molecule has 0 radical (unpaired) electrons. The Balaban J connectivity index is 1.72. The predicted octanol–water partition coefficient (Wildman–Crippen LogP) is 3.21. The average molecular weight is 267 g/mol.